The van der Waals surface area contributed by atoms with Crippen LogP contribution in [0.4, 0.5) is 5.82 Å². The molecule has 1 rings (SSSR count). The maximum atomic E-state index is 11.5. The van der Waals surface area contributed by atoms with E-state index in [2.05, 4.69) is 49.5 Å². The van der Waals surface area contributed by atoms with Crippen LogP contribution in [0.1, 0.15) is 13.8 Å². The Morgan fingerprint density at radius 3 is 2.71 bits per heavy atom. The highest BCUT2D eigenvalue weighted by atomic mass is 79.9. The first-order valence-electron chi connectivity index (χ1n) is 5.61. The minimum absolute atomic E-state index is 0.148. The van der Waals surface area contributed by atoms with E-state index in [4.69, 9.17) is 0 Å². The van der Waals surface area contributed by atoms with Gasteiger partial charge in [0.25, 0.3) is 5.56 Å². The molecule has 96 valence electrons. The predicted octanol–water partition coefficient (Wildman–Crippen LogP) is 1.31. The Hall–Kier alpha value is -0.880. The van der Waals surface area contributed by atoms with Gasteiger partial charge in [-0.15, -0.1) is 0 Å². The molecule has 0 amide bonds. The number of H-pyrrole nitrogens is 1. The molecule has 1 aromatic heterocycles. The first kappa shape index (κ1) is 14.2. The van der Waals surface area contributed by atoms with Crippen molar-refractivity contribution in [3.8, 4) is 0 Å². The third kappa shape index (κ3) is 3.54. The second-order valence-electron chi connectivity index (χ2n) is 4.27. The molecule has 6 heteroatoms. The monoisotopic (exact) mass is 302 g/mol. The molecule has 5 nitrogen and oxygen atoms in total. The Balaban J connectivity index is 3.01. The van der Waals surface area contributed by atoms with Crippen molar-refractivity contribution in [3.05, 3.63) is 21.2 Å². The molecule has 1 N–H and O–H groups in total. The smallest absolute Gasteiger partial charge is 0.267 e. The van der Waals surface area contributed by atoms with E-state index in [0.29, 0.717) is 16.3 Å². The molecule has 0 aliphatic carbocycles. The van der Waals surface area contributed by atoms with Crippen molar-refractivity contribution in [2.45, 2.75) is 19.9 Å². The predicted molar refractivity (Wildman–Crippen MR) is 73.6 cm³/mol. The summed E-state index contributed by atoms with van der Waals surface area (Å²) < 4.78 is 0.493. The average Bonchev–Trinajstić information content (AvgIpc) is 2.24. The summed E-state index contributed by atoms with van der Waals surface area (Å²) in [7, 11) is 4.06. The zero-order chi connectivity index (χ0) is 13.0. The summed E-state index contributed by atoms with van der Waals surface area (Å²) in [6.07, 6.45) is 1.44. The van der Waals surface area contributed by atoms with Gasteiger partial charge in [0.2, 0.25) is 0 Å². The first-order valence-corrected chi connectivity index (χ1v) is 6.41. The van der Waals surface area contributed by atoms with E-state index in [1.165, 1.54) is 6.33 Å². The molecular formula is C11H19BrN4O. The first-order chi connectivity index (χ1) is 7.97. The highest BCUT2D eigenvalue weighted by molar-refractivity contribution is 9.10. The summed E-state index contributed by atoms with van der Waals surface area (Å²) in [5.41, 5.74) is -0.148. The average molecular weight is 303 g/mol. The van der Waals surface area contributed by atoms with Gasteiger partial charge in [0.1, 0.15) is 4.47 Å². The largest absolute Gasteiger partial charge is 0.352 e. The van der Waals surface area contributed by atoms with Crippen LogP contribution in [0.15, 0.2) is 15.6 Å². The van der Waals surface area contributed by atoms with Gasteiger partial charge in [0, 0.05) is 19.1 Å². The fourth-order valence-electron chi connectivity index (χ4n) is 1.87. The van der Waals surface area contributed by atoms with Crippen LogP contribution in [0, 0.1) is 0 Å². The van der Waals surface area contributed by atoms with Crippen LogP contribution in [0.5, 0.6) is 0 Å². The van der Waals surface area contributed by atoms with Gasteiger partial charge < -0.3 is 14.8 Å². The van der Waals surface area contributed by atoms with Crippen LogP contribution in [0.3, 0.4) is 0 Å². The zero-order valence-electron chi connectivity index (χ0n) is 10.7. The molecule has 0 aliphatic heterocycles. The summed E-state index contributed by atoms with van der Waals surface area (Å²) in [6.45, 7) is 5.90. The molecular weight excluding hydrogens is 284 g/mol. The molecule has 0 saturated carbocycles. The van der Waals surface area contributed by atoms with E-state index >= 15 is 0 Å². The minimum atomic E-state index is -0.148. The number of anilines is 1. The number of hydrogen-bond donors (Lipinski definition) is 1. The summed E-state index contributed by atoms with van der Waals surface area (Å²) in [5.74, 6) is 0.700. The van der Waals surface area contributed by atoms with E-state index < -0.39 is 0 Å². The second kappa shape index (κ2) is 6.16. The summed E-state index contributed by atoms with van der Waals surface area (Å²) in [4.78, 5) is 22.5. The Labute approximate surface area is 110 Å². The molecule has 1 aromatic rings. The Kier molecular flexibility index (Phi) is 5.14. The fourth-order valence-corrected chi connectivity index (χ4v) is 2.32. The Bertz CT molecular complexity index is 418. The molecule has 0 saturated heterocycles. The maximum Gasteiger partial charge on any atom is 0.267 e. The number of hydrogen-bond acceptors (Lipinski definition) is 4. The lowest BCUT2D eigenvalue weighted by Gasteiger charge is -2.31. The molecule has 1 heterocycles. The summed E-state index contributed by atoms with van der Waals surface area (Å²) >= 11 is 3.29. The SMILES string of the molecule is CCN(c1nc[nH]c(=O)c1Br)C(C)CN(C)C. The lowest BCUT2D eigenvalue weighted by molar-refractivity contribution is 0.372. The second-order valence-corrected chi connectivity index (χ2v) is 5.06. The highest BCUT2D eigenvalue weighted by Crippen LogP contribution is 2.20. The van der Waals surface area contributed by atoms with Gasteiger partial charge >= 0.3 is 0 Å². The minimum Gasteiger partial charge on any atom is -0.352 e. The number of likely N-dealkylation sites (N-methyl/N-ethyl adjacent to an activating group) is 2. The molecule has 0 radical (unpaired) electrons. The highest BCUT2D eigenvalue weighted by Gasteiger charge is 2.18. The van der Waals surface area contributed by atoms with E-state index in [-0.39, 0.29) is 5.56 Å². The van der Waals surface area contributed by atoms with Crippen LogP contribution in [0.25, 0.3) is 0 Å². The lowest BCUT2D eigenvalue weighted by Crippen LogP contribution is -2.41. The molecule has 1 atom stereocenters. The van der Waals surface area contributed by atoms with Gasteiger partial charge in [-0.1, -0.05) is 0 Å². The van der Waals surface area contributed by atoms with Crippen molar-refractivity contribution in [1.29, 1.82) is 0 Å². The van der Waals surface area contributed by atoms with Crippen molar-refractivity contribution in [3.63, 3.8) is 0 Å². The van der Waals surface area contributed by atoms with Gasteiger partial charge in [-0.05, 0) is 43.9 Å². The van der Waals surface area contributed by atoms with Crippen molar-refractivity contribution in [2.24, 2.45) is 0 Å². The third-order valence-corrected chi connectivity index (χ3v) is 3.27. The number of nitrogens with one attached hydrogen (secondary N) is 1. The normalized spacial score (nSPS) is 12.8. The molecule has 0 aromatic carbocycles. The van der Waals surface area contributed by atoms with Gasteiger partial charge in [0.05, 0.1) is 6.33 Å². The fraction of sp³-hybridized carbons (Fsp3) is 0.636. The summed E-state index contributed by atoms with van der Waals surface area (Å²) in [6, 6.07) is 0.292. The van der Waals surface area contributed by atoms with Gasteiger partial charge in [-0.25, -0.2) is 4.98 Å². The molecule has 0 bridgehead atoms. The number of halogens is 1. The van der Waals surface area contributed by atoms with Crippen LogP contribution in [-0.2, 0) is 0 Å². The topological polar surface area (TPSA) is 52.2 Å². The van der Waals surface area contributed by atoms with Crippen LogP contribution < -0.4 is 10.5 Å². The van der Waals surface area contributed by atoms with E-state index in [0.717, 1.165) is 13.1 Å². The molecule has 0 fully saturated rings. The van der Waals surface area contributed by atoms with Gasteiger partial charge in [-0.2, -0.15) is 0 Å². The lowest BCUT2D eigenvalue weighted by atomic mass is 10.2. The molecule has 0 aliphatic rings. The van der Waals surface area contributed by atoms with Crippen LogP contribution >= 0.6 is 15.9 Å². The summed E-state index contributed by atoms with van der Waals surface area (Å²) in [5, 5.41) is 0. The maximum absolute atomic E-state index is 11.5. The van der Waals surface area contributed by atoms with Gasteiger partial charge in [0.15, 0.2) is 5.82 Å². The number of aromatic nitrogens is 2. The number of nitrogens with zero attached hydrogens (tertiary/aromatic N) is 3. The van der Waals surface area contributed by atoms with Crippen molar-refractivity contribution in [2.75, 3.05) is 32.1 Å². The zero-order valence-corrected chi connectivity index (χ0v) is 12.3. The van der Waals surface area contributed by atoms with E-state index in [1.807, 2.05) is 14.1 Å². The molecule has 0 spiro atoms. The van der Waals surface area contributed by atoms with Crippen LogP contribution in [0.2, 0.25) is 0 Å². The molecule has 1 unspecified atom stereocenters. The Morgan fingerprint density at radius 1 is 1.53 bits per heavy atom. The van der Waals surface area contributed by atoms with Gasteiger partial charge in [-0.3, -0.25) is 4.79 Å². The standard InChI is InChI=1S/C11H19BrN4O/c1-5-16(8(2)6-15(3)4)10-9(12)11(17)14-7-13-10/h7-8H,5-6H2,1-4H3,(H,13,14,17). The van der Waals surface area contributed by atoms with Crippen LogP contribution in [-0.4, -0.2) is 48.1 Å². The number of aromatic amines is 1. The number of rotatable bonds is 5. The third-order valence-electron chi connectivity index (χ3n) is 2.55. The quantitative estimate of drug-likeness (QED) is 0.891. The molecule has 17 heavy (non-hydrogen) atoms. The van der Waals surface area contributed by atoms with Crippen molar-refractivity contribution in [1.82, 2.24) is 14.9 Å². The van der Waals surface area contributed by atoms with Crippen molar-refractivity contribution >= 4 is 21.7 Å². The van der Waals surface area contributed by atoms with E-state index in [9.17, 15) is 4.79 Å². The Morgan fingerprint density at radius 2 is 2.18 bits per heavy atom. The van der Waals surface area contributed by atoms with E-state index in [1.54, 1.807) is 0 Å². The van der Waals surface area contributed by atoms with Crippen molar-refractivity contribution < 1.29 is 0 Å².